The Hall–Kier alpha value is -3.20. The number of hydrogen-bond acceptors (Lipinski definition) is 1. The standard InChI is InChI=1S/C25H25N2O/c1-18-9-11-22(12-10-18)25(28)16-27-17-26(15-21-7-5-4-6-8-21)23-13-19(2)20(3)14-24(23)27/h4-14,17H,15-16H2,1-3H3/q+1. The highest BCUT2D eigenvalue weighted by Gasteiger charge is 2.20. The summed E-state index contributed by atoms with van der Waals surface area (Å²) in [5.74, 6) is 0.127. The summed E-state index contributed by atoms with van der Waals surface area (Å²) in [6.45, 7) is 7.41. The monoisotopic (exact) mass is 369 g/mol. The van der Waals surface area contributed by atoms with Crippen LogP contribution in [0.15, 0.2) is 73.1 Å². The largest absolute Gasteiger partial charge is 0.290 e. The Morgan fingerprint density at radius 3 is 2.29 bits per heavy atom. The molecule has 0 spiro atoms. The lowest BCUT2D eigenvalue weighted by Crippen LogP contribution is -2.33. The maximum atomic E-state index is 12.9. The zero-order chi connectivity index (χ0) is 19.7. The lowest BCUT2D eigenvalue weighted by atomic mass is 10.1. The fourth-order valence-corrected chi connectivity index (χ4v) is 3.56. The molecule has 4 aromatic rings. The molecule has 0 radical (unpaired) electrons. The van der Waals surface area contributed by atoms with Crippen LogP contribution in [0.1, 0.15) is 32.6 Å². The molecule has 3 aromatic carbocycles. The molecule has 0 atom stereocenters. The van der Waals surface area contributed by atoms with Crippen LogP contribution >= 0.6 is 0 Å². The van der Waals surface area contributed by atoms with Crippen LogP contribution in [0.5, 0.6) is 0 Å². The lowest BCUT2D eigenvalue weighted by molar-refractivity contribution is -0.663. The van der Waals surface area contributed by atoms with Crippen molar-refractivity contribution in [2.45, 2.75) is 33.9 Å². The third-order valence-corrected chi connectivity index (χ3v) is 5.37. The second-order valence-electron chi connectivity index (χ2n) is 7.57. The van der Waals surface area contributed by atoms with Crippen molar-refractivity contribution in [3.8, 4) is 0 Å². The highest BCUT2D eigenvalue weighted by molar-refractivity contribution is 5.96. The van der Waals surface area contributed by atoms with Crippen molar-refractivity contribution in [3.63, 3.8) is 0 Å². The first-order chi connectivity index (χ1) is 13.5. The molecule has 1 heterocycles. The first-order valence-corrected chi connectivity index (χ1v) is 9.64. The van der Waals surface area contributed by atoms with E-state index in [9.17, 15) is 4.79 Å². The summed E-state index contributed by atoms with van der Waals surface area (Å²) in [6.07, 6.45) is 2.07. The average Bonchev–Trinajstić information content (AvgIpc) is 2.99. The number of hydrogen-bond donors (Lipinski definition) is 0. The predicted molar refractivity (Wildman–Crippen MR) is 113 cm³/mol. The number of carbonyl (C=O) groups is 1. The van der Waals surface area contributed by atoms with Crippen LogP contribution in [-0.4, -0.2) is 10.4 Å². The third kappa shape index (κ3) is 3.61. The Kier molecular flexibility index (Phi) is 4.82. The van der Waals surface area contributed by atoms with E-state index in [1.54, 1.807) is 0 Å². The van der Waals surface area contributed by atoms with Crippen molar-refractivity contribution in [3.05, 3.63) is 101 Å². The molecule has 0 aliphatic heterocycles. The van der Waals surface area contributed by atoms with Gasteiger partial charge in [-0.3, -0.25) is 4.79 Å². The van der Waals surface area contributed by atoms with Crippen LogP contribution in [0, 0.1) is 20.8 Å². The smallest absolute Gasteiger partial charge is 0.245 e. The van der Waals surface area contributed by atoms with E-state index >= 15 is 0 Å². The molecular weight excluding hydrogens is 344 g/mol. The lowest BCUT2D eigenvalue weighted by Gasteiger charge is -2.02. The molecule has 28 heavy (non-hydrogen) atoms. The van der Waals surface area contributed by atoms with Gasteiger partial charge in [-0.15, -0.1) is 0 Å². The Bertz CT molecular complexity index is 1140. The fourth-order valence-electron chi connectivity index (χ4n) is 3.56. The van der Waals surface area contributed by atoms with Gasteiger partial charge in [-0.25, -0.2) is 9.13 Å². The SMILES string of the molecule is Cc1ccc(C(=O)Cn2c[n+](Cc3ccccc3)c3cc(C)c(C)cc32)cc1. The Morgan fingerprint density at radius 2 is 1.57 bits per heavy atom. The predicted octanol–water partition coefficient (Wildman–Crippen LogP) is 4.79. The number of benzene rings is 3. The van der Waals surface area contributed by atoms with Crippen LogP contribution in [0.2, 0.25) is 0 Å². The summed E-state index contributed by atoms with van der Waals surface area (Å²) >= 11 is 0. The Morgan fingerprint density at radius 1 is 0.893 bits per heavy atom. The molecule has 1 aromatic heterocycles. The molecule has 0 bridgehead atoms. The van der Waals surface area contributed by atoms with E-state index in [2.05, 4.69) is 65.7 Å². The number of ketones is 1. The number of nitrogens with zero attached hydrogens (tertiary/aromatic N) is 2. The molecule has 140 valence electrons. The van der Waals surface area contributed by atoms with Gasteiger partial charge in [-0.1, -0.05) is 60.2 Å². The quantitative estimate of drug-likeness (QED) is 0.367. The van der Waals surface area contributed by atoms with Crippen molar-refractivity contribution < 1.29 is 9.36 Å². The first-order valence-electron chi connectivity index (χ1n) is 9.64. The Labute approximate surface area is 165 Å². The van der Waals surface area contributed by atoms with Gasteiger partial charge in [-0.2, -0.15) is 0 Å². The molecule has 0 aliphatic rings. The van der Waals surface area contributed by atoms with Crippen LogP contribution in [0.4, 0.5) is 0 Å². The number of carbonyl (C=O) groups excluding carboxylic acids is 1. The topological polar surface area (TPSA) is 25.9 Å². The zero-order valence-corrected chi connectivity index (χ0v) is 16.6. The van der Waals surface area contributed by atoms with Crippen molar-refractivity contribution in [1.29, 1.82) is 0 Å². The van der Waals surface area contributed by atoms with Crippen LogP contribution in [0.3, 0.4) is 0 Å². The first kappa shape index (κ1) is 18.2. The summed E-state index contributed by atoms with van der Waals surface area (Å²) in [7, 11) is 0. The third-order valence-electron chi connectivity index (χ3n) is 5.37. The van der Waals surface area contributed by atoms with Gasteiger partial charge in [0.25, 0.3) is 0 Å². The molecule has 0 saturated carbocycles. The second kappa shape index (κ2) is 7.43. The van der Waals surface area contributed by atoms with Crippen molar-refractivity contribution in [1.82, 2.24) is 4.57 Å². The van der Waals surface area contributed by atoms with Gasteiger partial charge >= 0.3 is 0 Å². The van der Waals surface area contributed by atoms with E-state index in [0.29, 0.717) is 6.54 Å². The molecular formula is C25H25N2O+. The van der Waals surface area contributed by atoms with E-state index < -0.39 is 0 Å². The van der Waals surface area contributed by atoms with E-state index in [1.165, 1.54) is 16.7 Å². The summed E-state index contributed by atoms with van der Waals surface area (Å²) in [5.41, 5.74) is 7.91. The van der Waals surface area contributed by atoms with Crippen molar-refractivity contribution in [2.75, 3.05) is 0 Å². The highest BCUT2D eigenvalue weighted by Crippen LogP contribution is 2.19. The summed E-state index contributed by atoms with van der Waals surface area (Å²) in [4.78, 5) is 12.9. The summed E-state index contributed by atoms with van der Waals surface area (Å²) < 4.78 is 4.31. The summed E-state index contributed by atoms with van der Waals surface area (Å²) in [6, 6.07) is 22.6. The van der Waals surface area contributed by atoms with Crippen LogP contribution < -0.4 is 4.57 Å². The Balaban J connectivity index is 1.74. The van der Waals surface area contributed by atoms with Gasteiger partial charge in [0, 0.05) is 5.56 Å². The number of Topliss-reactive ketones (excluding diaryl/α,β-unsaturated/α-hetero) is 1. The van der Waals surface area contributed by atoms with Crippen molar-refractivity contribution in [2.24, 2.45) is 0 Å². The fraction of sp³-hybridized carbons (Fsp3) is 0.200. The molecule has 3 heteroatoms. The molecule has 3 nitrogen and oxygen atoms in total. The normalized spacial score (nSPS) is 11.1. The molecule has 4 rings (SSSR count). The maximum absolute atomic E-state index is 12.9. The molecule has 0 fully saturated rings. The number of aryl methyl sites for hydroxylation is 3. The minimum Gasteiger partial charge on any atom is -0.290 e. The van der Waals surface area contributed by atoms with Gasteiger partial charge in [0.15, 0.2) is 17.6 Å². The van der Waals surface area contributed by atoms with Gasteiger partial charge < -0.3 is 0 Å². The van der Waals surface area contributed by atoms with E-state index in [4.69, 9.17) is 0 Å². The number of rotatable bonds is 5. The van der Waals surface area contributed by atoms with Gasteiger partial charge in [0.2, 0.25) is 12.1 Å². The van der Waals surface area contributed by atoms with E-state index in [-0.39, 0.29) is 5.78 Å². The molecule has 0 saturated heterocycles. The minimum atomic E-state index is 0.127. The van der Waals surface area contributed by atoms with Gasteiger partial charge in [0.1, 0.15) is 6.54 Å². The van der Waals surface area contributed by atoms with Crippen LogP contribution in [-0.2, 0) is 13.1 Å². The van der Waals surface area contributed by atoms with Gasteiger partial charge in [0.05, 0.1) is 0 Å². The van der Waals surface area contributed by atoms with Gasteiger partial charge in [-0.05, 0) is 49.6 Å². The second-order valence-corrected chi connectivity index (χ2v) is 7.57. The number of fused-ring (bicyclic) bond motifs is 1. The van der Waals surface area contributed by atoms with E-state index in [0.717, 1.165) is 28.7 Å². The molecule has 0 aliphatic carbocycles. The number of aromatic nitrogens is 2. The maximum Gasteiger partial charge on any atom is 0.245 e. The molecule has 0 amide bonds. The summed E-state index contributed by atoms with van der Waals surface area (Å²) in [5, 5.41) is 0. The number of imidazole rings is 1. The molecule has 0 unspecified atom stereocenters. The highest BCUT2D eigenvalue weighted by atomic mass is 16.1. The minimum absolute atomic E-state index is 0.127. The van der Waals surface area contributed by atoms with E-state index in [1.807, 2.05) is 37.3 Å². The average molecular weight is 369 g/mol. The zero-order valence-electron chi connectivity index (χ0n) is 16.6. The molecule has 0 N–H and O–H groups in total. The van der Waals surface area contributed by atoms with Crippen molar-refractivity contribution >= 4 is 16.8 Å². The van der Waals surface area contributed by atoms with Crippen LogP contribution in [0.25, 0.3) is 11.0 Å².